The van der Waals surface area contributed by atoms with E-state index in [0.717, 1.165) is 12.1 Å². The molecule has 41 heavy (non-hydrogen) atoms. The zero-order chi connectivity index (χ0) is 27.8. The van der Waals surface area contributed by atoms with Gasteiger partial charge in [-0.05, 0) is 35.4 Å². The number of fused-ring (bicyclic) bond motifs is 2. The number of benzene rings is 3. The Kier molecular flexibility index (Phi) is 6.25. The highest BCUT2D eigenvalue weighted by Gasteiger charge is 2.19. The molecule has 7 nitrogen and oxygen atoms in total. The van der Waals surface area contributed by atoms with Crippen molar-refractivity contribution in [1.29, 1.82) is 0 Å². The van der Waals surface area contributed by atoms with Gasteiger partial charge in [0.05, 0.1) is 5.52 Å². The van der Waals surface area contributed by atoms with Crippen molar-refractivity contribution in [2.24, 2.45) is 0 Å². The summed E-state index contributed by atoms with van der Waals surface area (Å²) < 4.78 is 29.9. The molecule has 4 heterocycles. The van der Waals surface area contributed by atoms with Crippen LogP contribution in [0.15, 0.2) is 97.5 Å². The lowest BCUT2D eigenvalue weighted by molar-refractivity contribution is 0.631. The number of H-pyrrole nitrogens is 2. The highest BCUT2D eigenvalue weighted by atomic mass is 19.1. The number of imidazole rings is 1. The molecular formula is C32H23F2N7. The second-order valence-corrected chi connectivity index (χ2v) is 9.74. The highest BCUT2D eigenvalue weighted by molar-refractivity contribution is 5.97. The van der Waals surface area contributed by atoms with Gasteiger partial charge >= 0.3 is 0 Å². The fraction of sp³-hybridized carbons (Fsp3) is 0.0625. The molecule has 7 rings (SSSR count). The van der Waals surface area contributed by atoms with Gasteiger partial charge in [-0.2, -0.15) is 5.10 Å². The molecule has 0 aliphatic heterocycles. The van der Waals surface area contributed by atoms with Crippen LogP contribution in [0, 0.1) is 11.6 Å². The molecule has 0 bridgehead atoms. The maximum absolute atomic E-state index is 15.3. The molecule has 0 amide bonds. The Hall–Kier alpha value is -5.28. The zero-order valence-corrected chi connectivity index (χ0v) is 21.7. The van der Waals surface area contributed by atoms with Gasteiger partial charge in [-0.15, -0.1) is 0 Å². The first-order chi connectivity index (χ1) is 20.1. The molecular weight excluding hydrogens is 520 g/mol. The van der Waals surface area contributed by atoms with Crippen LogP contribution in [0.3, 0.4) is 0 Å². The number of rotatable bonds is 7. The fourth-order valence-electron chi connectivity index (χ4n) is 5.04. The van der Waals surface area contributed by atoms with Crippen LogP contribution in [0.1, 0.15) is 11.1 Å². The summed E-state index contributed by atoms with van der Waals surface area (Å²) in [6.07, 6.45) is 5.03. The van der Waals surface area contributed by atoms with Crippen LogP contribution >= 0.6 is 0 Å². The van der Waals surface area contributed by atoms with Crippen molar-refractivity contribution in [1.82, 2.24) is 35.5 Å². The molecule has 0 spiro atoms. The lowest BCUT2D eigenvalue weighted by Gasteiger charge is -2.08. The van der Waals surface area contributed by atoms with Gasteiger partial charge in [0.2, 0.25) is 0 Å². The number of nitrogens with one attached hydrogen (secondary N) is 3. The van der Waals surface area contributed by atoms with Crippen molar-refractivity contribution in [3.05, 3.63) is 120 Å². The van der Waals surface area contributed by atoms with Crippen LogP contribution in [0.5, 0.6) is 0 Å². The van der Waals surface area contributed by atoms with E-state index in [4.69, 9.17) is 4.98 Å². The van der Waals surface area contributed by atoms with Gasteiger partial charge in [0.25, 0.3) is 0 Å². The third kappa shape index (κ3) is 4.72. The van der Waals surface area contributed by atoms with E-state index in [9.17, 15) is 4.39 Å². The van der Waals surface area contributed by atoms with Crippen LogP contribution in [-0.4, -0.2) is 30.1 Å². The van der Waals surface area contributed by atoms with Crippen LogP contribution < -0.4 is 5.32 Å². The minimum absolute atomic E-state index is 0.346. The molecule has 3 N–H and O–H groups in total. The first-order valence-electron chi connectivity index (χ1n) is 13.1. The Balaban J connectivity index is 1.23. The molecule has 0 atom stereocenters. The summed E-state index contributed by atoms with van der Waals surface area (Å²) in [7, 11) is 0. The SMILES string of the molecule is Fc1cc2[nH]nc(-c3nc4c(-c5ccccc5F)ccnc4[nH]3)c2cc1-c1cncc(CNCc2ccccc2)c1. The third-order valence-electron chi connectivity index (χ3n) is 7.03. The fourth-order valence-corrected chi connectivity index (χ4v) is 5.04. The first-order valence-corrected chi connectivity index (χ1v) is 13.1. The monoisotopic (exact) mass is 543 g/mol. The zero-order valence-electron chi connectivity index (χ0n) is 21.7. The predicted octanol–water partition coefficient (Wildman–Crippen LogP) is 6.80. The van der Waals surface area contributed by atoms with Crippen molar-refractivity contribution in [3.63, 3.8) is 0 Å². The standard InChI is InChI=1S/C32H23F2N7/c33-26-9-5-4-8-22(26)23-10-11-37-31-29(23)38-32(39-31)30-25-13-24(27(34)14-28(25)40-41-30)21-12-20(17-36-18-21)16-35-15-19-6-2-1-3-7-19/h1-14,17-18,35H,15-16H2,(H,40,41)(H,37,38,39). The molecule has 4 aromatic heterocycles. The second kappa shape index (κ2) is 10.4. The third-order valence-corrected chi connectivity index (χ3v) is 7.03. The van der Waals surface area contributed by atoms with Crippen molar-refractivity contribution in [2.45, 2.75) is 13.1 Å². The minimum Gasteiger partial charge on any atom is -0.321 e. The van der Waals surface area contributed by atoms with Gasteiger partial charge in [-0.1, -0.05) is 48.5 Å². The number of hydrogen-bond acceptors (Lipinski definition) is 5. The summed E-state index contributed by atoms with van der Waals surface area (Å²) in [5.74, 6) is -0.296. The van der Waals surface area contributed by atoms with Crippen LogP contribution in [0.2, 0.25) is 0 Å². The second-order valence-electron chi connectivity index (χ2n) is 9.74. The van der Waals surface area contributed by atoms with Gasteiger partial charge in [0.15, 0.2) is 11.5 Å². The largest absolute Gasteiger partial charge is 0.321 e. The summed E-state index contributed by atoms with van der Waals surface area (Å²) in [5.41, 5.74) is 6.28. The molecule has 0 saturated heterocycles. The van der Waals surface area contributed by atoms with E-state index in [2.05, 4.69) is 42.6 Å². The van der Waals surface area contributed by atoms with Gasteiger partial charge in [0.1, 0.15) is 22.8 Å². The summed E-state index contributed by atoms with van der Waals surface area (Å²) in [6.45, 7) is 1.31. The van der Waals surface area contributed by atoms with E-state index < -0.39 is 5.82 Å². The number of aromatic amines is 2. The highest BCUT2D eigenvalue weighted by Crippen LogP contribution is 2.34. The van der Waals surface area contributed by atoms with Gasteiger partial charge in [0, 0.05) is 65.4 Å². The van der Waals surface area contributed by atoms with Gasteiger partial charge in [-0.3, -0.25) is 10.1 Å². The summed E-state index contributed by atoms with van der Waals surface area (Å²) >= 11 is 0. The van der Waals surface area contributed by atoms with Crippen molar-refractivity contribution in [3.8, 4) is 33.8 Å². The average molecular weight is 544 g/mol. The van der Waals surface area contributed by atoms with Crippen molar-refractivity contribution < 1.29 is 8.78 Å². The topological polar surface area (TPSA) is 95.2 Å². The molecule has 0 saturated carbocycles. The molecule has 7 aromatic rings. The first kappa shape index (κ1) is 24.7. The number of pyridine rings is 2. The number of aromatic nitrogens is 6. The summed E-state index contributed by atoms with van der Waals surface area (Å²) in [6, 6.07) is 23.5. The molecule has 0 aliphatic rings. The maximum atomic E-state index is 15.3. The minimum atomic E-state index is -0.392. The van der Waals surface area contributed by atoms with Gasteiger partial charge in [-0.25, -0.2) is 18.7 Å². The Labute approximate surface area is 233 Å². The summed E-state index contributed by atoms with van der Waals surface area (Å²) in [4.78, 5) is 16.7. The lowest BCUT2D eigenvalue weighted by Crippen LogP contribution is -2.12. The van der Waals surface area contributed by atoms with Crippen molar-refractivity contribution in [2.75, 3.05) is 0 Å². The van der Waals surface area contributed by atoms with E-state index in [0.29, 0.717) is 62.4 Å². The number of nitrogens with zero attached hydrogens (tertiary/aromatic N) is 4. The Morgan fingerprint density at radius 3 is 2.46 bits per heavy atom. The maximum Gasteiger partial charge on any atom is 0.160 e. The lowest BCUT2D eigenvalue weighted by atomic mass is 10.0. The van der Waals surface area contributed by atoms with Crippen LogP contribution in [0.25, 0.3) is 55.8 Å². The molecule has 0 unspecified atom stereocenters. The molecule has 0 fully saturated rings. The van der Waals surface area contributed by atoms with Crippen LogP contribution in [0.4, 0.5) is 8.78 Å². The average Bonchev–Trinajstić information content (AvgIpc) is 3.61. The summed E-state index contributed by atoms with van der Waals surface area (Å²) in [5, 5.41) is 11.4. The quantitative estimate of drug-likeness (QED) is 0.206. The predicted molar refractivity (Wildman–Crippen MR) is 155 cm³/mol. The Morgan fingerprint density at radius 2 is 1.59 bits per heavy atom. The number of halogens is 2. The smallest absolute Gasteiger partial charge is 0.160 e. The van der Waals surface area contributed by atoms with Crippen LogP contribution in [-0.2, 0) is 13.1 Å². The molecule has 200 valence electrons. The van der Waals surface area contributed by atoms with Gasteiger partial charge < -0.3 is 10.3 Å². The van der Waals surface area contributed by atoms with E-state index in [1.807, 2.05) is 24.3 Å². The number of hydrogen-bond donors (Lipinski definition) is 3. The van der Waals surface area contributed by atoms with E-state index >= 15 is 4.39 Å². The van der Waals surface area contributed by atoms with Crippen molar-refractivity contribution >= 4 is 22.1 Å². The molecule has 3 aromatic carbocycles. The molecule has 0 aliphatic carbocycles. The normalized spacial score (nSPS) is 11.5. The van der Waals surface area contributed by atoms with E-state index in [1.165, 1.54) is 17.7 Å². The molecule has 9 heteroatoms. The van der Waals surface area contributed by atoms with E-state index in [1.54, 1.807) is 48.9 Å². The molecule has 0 radical (unpaired) electrons. The van der Waals surface area contributed by atoms with E-state index in [-0.39, 0.29) is 5.82 Å². The Morgan fingerprint density at radius 1 is 0.756 bits per heavy atom. The Bertz CT molecular complexity index is 2010.